The van der Waals surface area contributed by atoms with Gasteiger partial charge in [0, 0.05) is 0 Å². The van der Waals surface area contributed by atoms with Crippen molar-refractivity contribution in [2.75, 3.05) is 0 Å². The van der Waals surface area contributed by atoms with Crippen LogP contribution in [0.4, 0.5) is 0 Å². The third-order valence-electron chi connectivity index (χ3n) is 3.29. The van der Waals surface area contributed by atoms with Gasteiger partial charge in [-0.25, -0.2) is 4.98 Å². The Morgan fingerprint density at radius 3 is 2.40 bits per heavy atom. The fourth-order valence-corrected chi connectivity index (χ4v) is 2.71. The van der Waals surface area contributed by atoms with Crippen molar-refractivity contribution in [2.24, 2.45) is 0 Å². The van der Waals surface area contributed by atoms with E-state index >= 15 is 0 Å². The summed E-state index contributed by atoms with van der Waals surface area (Å²) in [5, 5.41) is 0. The van der Waals surface area contributed by atoms with E-state index in [1.54, 1.807) is 0 Å². The highest BCUT2D eigenvalue weighted by Crippen LogP contribution is 2.38. The molecule has 1 N–H and O–H groups in total. The van der Waals surface area contributed by atoms with Gasteiger partial charge in [-0.15, -0.1) is 0 Å². The lowest BCUT2D eigenvalue weighted by Crippen LogP contribution is -1.92. The number of aryl methyl sites for hydroxylation is 3. The Morgan fingerprint density at radius 2 is 1.70 bits per heavy atom. The van der Waals surface area contributed by atoms with Gasteiger partial charge in [0.15, 0.2) is 5.75 Å². The second-order valence-electron chi connectivity index (χ2n) is 4.92. The van der Waals surface area contributed by atoms with Crippen LogP contribution < -0.4 is 4.74 Å². The van der Waals surface area contributed by atoms with Gasteiger partial charge in [0.25, 0.3) is 0 Å². The van der Waals surface area contributed by atoms with Crippen molar-refractivity contribution in [1.29, 1.82) is 0 Å². The smallest absolute Gasteiger partial charge is 0.169 e. The maximum Gasteiger partial charge on any atom is 0.169 e. The molecule has 0 aliphatic carbocycles. The minimum atomic E-state index is 0.754. The first-order valence-corrected chi connectivity index (χ1v) is 7.24. The third-order valence-corrected chi connectivity index (χ3v) is 3.92. The second-order valence-corrected chi connectivity index (χ2v) is 5.77. The number of hydrogen-bond donors (Lipinski definition) is 1. The summed E-state index contributed by atoms with van der Waals surface area (Å²) in [4.78, 5) is 7.75. The molecule has 0 radical (unpaired) electrons. The number of H-pyrrole nitrogens is 1. The van der Waals surface area contributed by atoms with E-state index in [0.717, 1.165) is 44.0 Å². The van der Waals surface area contributed by atoms with E-state index in [2.05, 4.69) is 25.9 Å². The van der Waals surface area contributed by atoms with Crippen LogP contribution in [0.5, 0.6) is 11.5 Å². The molecule has 0 aliphatic rings. The normalized spacial score (nSPS) is 11.0. The van der Waals surface area contributed by atoms with Crippen molar-refractivity contribution in [2.45, 2.75) is 20.8 Å². The SMILES string of the molecule is Cc1nc2c(Oc3c(C)cccc3C)c(Br)ccc2[nH]1. The van der Waals surface area contributed by atoms with Gasteiger partial charge >= 0.3 is 0 Å². The van der Waals surface area contributed by atoms with E-state index in [1.165, 1.54) is 0 Å². The Labute approximate surface area is 126 Å². The summed E-state index contributed by atoms with van der Waals surface area (Å²) < 4.78 is 7.07. The predicted octanol–water partition coefficient (Wildman–Crippen LogP) is 5.04. The summed E-state index contributed by atoms with van der Waals surface area (Å²) >= 11 is 3.55. The van der Waals surface area contributed by atoms with Crippen molar-refractivity contribution in [1.82, 2.24) is 9.97 Å². The van der Waals surface area contributed by atoms with E-state index in [-0.39, 0.29) is 0 Å². The average Bonchev–Trinajstić information content (AvgIpc) is 2.77. The zero-order valence-corrected chi connectivity index (χ0v) is 13.2. The Morgan fingerprint density at radius 1 is 1.00 bits per heavy atom. The van der Waals surface area contributed by atoms with Gasteiger partial charge in [-0.2, -0.15) is 0 Å². The summed E-state index contributed by atoms with van der Waals surface area (Å²) in [5.41, 5.74) is 4.05. The van der Waals surface area contributed by atoms with Crippen molar-refractivity contribution in [3.05, 3.63) is 51.8 Å². The quantitative estimate of drug-likeness (QED) is 0.714. The first-order chi connectivity index (χ1) is 9.56. The molecular formula is C16H15BrN2O. The number of fused-ring (bicyclic) bond motifs is 1. The molecule has 1 aromatic heterocycles. The largest absolute Gasteiger partial charge is 0.453 e. The summed E-state index contributed by atoms with van der Waals surface area (Å²) in [6, 6.07) is 10.1. The fourth-order valence-electron chi connectivity index (χ4n) is 2.31. The van der Waals surface area contributed by atoms with E-state index < -0.39 is 0 Å². The number of nitrogens with one attached hydrogen (secondary N) is 1. The van der Waals surface area contributed by atoms with Crippen LogP contribution in [-0.2, 0) is 0 Å². The standard InChI is InChI=1S/C16H15BrN2O/c1-9-5-4-6-10(2)15(9)20-16-12(17)7-8-13-14(16)19-11(3)18-13/h4-8H,1-3H3,(H,18,19). The van der Waals surface area contributed by atoms with Crippen molar-refractivity contribution < 1.29 is 4.74 Å². The molecular weight excluding hydrogens is 316 g/mol. The molecule has 0 spiro atoms. The van der Waals surface area contributed by atoms with E-state index in [9.17, 15) is 0 Å². The highest BCUT2D eigenvalue weighted by atomic mass is 79.9. The van der Waals surface area contributed by atoms with Crippen molar-refractivity contribution >= 4 is 27.0 Å². The fraction of sp³-hybridized carbons (Fsp3) is 0.188. The van der Waals surface area contributed by atoms with E-state index in [4.69, 9.17) is 4.74 Å². The number of hydrogen-bond acceptors (Lipinski definition) is 2. The van der Waals surface area contributed by atoms with Gasteiger partial charge in [-0.1, -0.05) is 18.2 Å². The Balaban J connectivity index is 2.17. The van der Waals surface area contributed by atoms with Crippen molar-refractivity contribution in [3.8, 4) is 11.5 Å². The lowest BCUT2D eigenvalue weighted by atomic mass is 10.1. The number of imidazole rings is 1. The van der Waals surface area contributed by atoms with Crippen molar-refractivity contribution in [3.63, 3.8) is 0 Å². The van der Waals surface area contributed by atoms with Gasteiger partial charge in [-0.05, 0) is 60.0 Å². The monoisotopic (exact) mass is 330 g/mol. The van der Waals surface area contributed by atoms with Crippen LogP contribution in [0.25, 0.3) is 11.0 Å². The molecule has 4 heteroatoms. The highest BCUT2D eigenvalue weighted by molar-refractivity contribution is 9.10. The lowest BCUT2D eigenvalue weighted by molar-refractivity contribution is 0.477. The molecule has 2 aromatic carbocycles. The van der Waals surface area contributed by atoms with Gasteiger partial charge in [0.2, 0.25) is 0 Å². The number of rotatable bonds is 2. The van der Waals surface area contributed by atoms with E-state index in [0.29, 0.717) is 0 Å². The molecule has 0 saturated carbocycles. The summed E-state index contributed by atoms with van der Waals surface area (Å²) in [6.07, 6.45) is 0. The summed E-state index contributed by atoms with van der Waals surface area (Å²) in [5.74, 6) is 2.52. The maximum atomic E-state index is 6.17. The summed E-state index contributed by atoms with van der Waals surface area (Å²) in [6.45, 7) is 6.04. The number of halogens is 1. The van der Waals surface area contributed by atoms with Crippen LogP contribution in [0.15, 0.2) is 34.8 Å². The van der Waals surface area contributed by atoms with Crippen LogP contribution >= 0.6 is 15.9 Å². The van der Waals surface area contributed by atoms with Crippen LogP contribution in [0.3, 0.4) is 0 Å². The molecule has 3 nitrogen and oxygen atoms in total. The highest BCUT2D eigenvalue weighted by Gasteiger charge is 2.14. The molecule has 0 aliphatic heterocycles. The minimum absolute atomic E-state index is 0.754. The van der Waals surface area contributed by atoms with Crippen LogP contribution in [0, 0.1) is 20.8 Å². The zero-order valence-electron chi connectivity index (χ0n) is 11.6. The molecule has 1 heterocycles. The number of benzene rings is 2. The molecule has 0 bridgehead atoms. The molecule has 3 aromatic rings. The maximum absolute atomic E-state index is 6.17. The second kappa shape index (κ2) is 4.94. The molecule has 102 valence electrons. The van der Waals surface area contributed by atoms with Gasteiger partial charge in [-0.3, -0.25) is 0 Å². The van der Waals surface area contributed by atoms with Gasteiger partial charge in [0.05, 0.1) is 9.99 Å². The third kappa shape index (κ3) is 2.20. The average molecular weight is 331 g/mol. The molecule has 0 amide bonds. The minimum Gasteiger partial charge on any atom is -0.453 e. The topological polar surface area (TPSA) is 37.9 Å². The first-order valence-electron chi connectivity index (χ1n) is 6.45. The Kier molecular flexibility index (Phi) is 3.26. The number of aromatic amines is 1. The van der Waals surface area contributed by atoms with Gasteiger partial charge in [0.1, 0.15) is 17.1 Å². The molecule has 20 heavy (non-hydrogen) atoms. The van der Waals surface area contributed by atoms with E-state index in [1.807, 2.05) is 51.1 Å². The van der Waals surface area contributed by atoms with Gasteiger partial charge < -0.3 is 9.72 Å². The number of ether oxygens (including phenoxy) is 1. The molecule has 0 unspecified atom stereocenters. The molecule has 3 rings (SSSR count). The van der Waals surface area contributed by atoms with Crippen LogP contribution in [0.1, 0.15) is 17.0 Å². The lowest BCUT2D eigenvalue weighted by Gasteiger charge is -2.13. The molecule has 0 atom stereocenters. The number of para-hydroxylation sites is 1. The zero-order chi connectivity index (χ0) is 14.3. The van der Waals surface area contributed by atoms with Crippen LogP contribution in [0.2, 0.25) is 0 Å². The molecule has 0 fully saturated rings. The number of aromatic nitrogens is 2. The first kappa shape index (κ1) is 13.2. The summed E-state index contributed by atoms with van der Waals surface area (Å²) in [7, 11) is 0. The molecule has 0 saturated heterocycles. The number of nitrogens with zero attached hydrogens (tertiary/aromatic N) is 1. The predicted molar refractivity (Wildman–Crippen MR) is 84.5 cm³/mol. The Bertz CT molecular complexity index is 772. The van der Waals surface area contributed by atoms with Crippen LogP contribution in [-0.4, -0.2) is 9.97 Å². The Hall–Kier alpha value is -1.81.